The lowest BCUT2D eigenvalue weighted by atomic mass is 10.2. The molecule has 1 heterocycles. The second-order valence-corrected chi connectivity index (χ2v) is 7.53. The van der Waals surface area contributed by atoms with E-state index in [2.05, 4.69) is 0 Å². The maximum atomic E-state index is 12.0. The fourth-order valence-corrected chi connectivity index (χ4v) is 3.60. The summed E-state index contributed by atoms with van der Waals surface area (Å²) in [5.41, 5.74) is 6.21. The van der Waals surface area contributed by atoms with Crippen LogP contribution in [-0.2, 0) is 19.7 Å². The molecule has 21 heavy (non-hydrogen) atoms. The molecule has 9 heteroatoms. The van der Waals surface area contributed by atoms with Crippen molar-refractivity contribution in [2.24, 2.45) is 0 Å². The standard InChI is InChI=1S/C12H14N2O5S2/c1-7(15)20-8-4-12(16)14(6-8)11-3-2-9(5-10(11)13)21(17,18)19/h2-3,5,8H,4,6,13H2,1H3,(H,17,18,19). The van der Waals surface area contributed by atoms with Crippen molar-refractivity contribution in [1.29, 1.82) is 0 Å². The minimum atomic E-state index is -4.34. The van der Waals surface area contributed by atoms with Crippen molar-refractivity contribution in [3.8, 4) is 0 Å². The predicted octanol–water partition coefficient (Wildman–Crippen LogP) is 0.901. The number of carbonyl (C=O) groups excluding carboxylic acids is 2. The third-order valence-corrected chi connectivity index (χ3v) is 4.84. The second-order valence-electron chi connectivity index (χ2n) is 4.64. The summed E-state index contributed by atoms with van der Waals surface area (Å²) < 4.78 is 31.0. The molecule has 1 aromatic carbocycles. The summed E-state index contributed by atoms with van der Waals surface area (Å²) in [6, 6.07) is 3.65. The summed E-state index contributed by atoms with van der Waals surface area (Å²) in [6.45, 7) is 1.77. The number of carbonyl (C=O) groups is 2. The van der Waals surface area contributed by atoms with E-state index in [9.17, 15) is 18.0 Å². The summed E-state index contributed by atoms with van der Waals surface area (Å²) in [7, 11) is -4.34. The molecule has 1 atom stereocenters. The Morgan fingerprint density at radius 2 is 2.14 bits per heavy atom. The number of nitrogens with zero attached hydrogens (tertiary/aromatic N) is 1. The van der Waals surface area contributed by atoms with Crippen LogP contribution < -0.4 is 10.6 Å². The molecule has 1 aliphatic rings. The molecule has 3 N–H and O–H groups in total. The average Bonchev–Trinajstić information content (AvgIpc) is 2.67. The van der Waals surface area contributed by atoms with E-state index in [1.54, 1.807) is 0 Å². The number of nitrogens with two attached hydrogens (primary N) is 1. The molecule has 1 saturated heterocycles. The van der Waals surface area contributed by atoms with E-state index in [0.29, 0.717) is 12.2 Å². The molecule has 0 saturated carbocycles. The number of hydrogen-bond acceptors (Lipinski definition) is 6. The second kappa shape index (κ2) is 5.66. The van der Waals surface area contributed by atoms with Gasteiger partial charge in [0.05, 0.1) is 16.3 Å². The van der Waals surface area contributed by atoms with Crippen LogP contribution in [-0.4, -0.2) is 35.8 Å². The van der Waals surface area contributed by atoms with Gasteiger partial charge >= 0.3 is 0 Å². The summed E-state index contributed by atoms with van der Waals surface area (Å²) >= 11 is 1.10. The Morgan fingerprint density at radius 3 is 2.67 bits per heavy atom. The Bertz CT molecular complexity index is 702. The number of anilines is 2. The van der Waals surface area contributed by atoms with Crippen LogP contribution >= 0.6 is 11.8 Å². The highest BCUT2D eigenvalue weighted by molar-refractivity contribution is 8.14. The highest BCUT2D eigenvalue weighted by Gasteiger charge is 2.33. The molecule has 114 valence electrons. The maximum absolute atomic E-state index is 12.0. The first-order chi connectivity index (χ1) is 9.68. The zero-order chi connectivity index (χ0) is 15.8. The number of amides is 1. The smallest absolute Gasteiger partial charge is 0.294 e. The van der Waals surface area contributed by atoms with Gasteiger partial charge in [-0.15, -0.1) is 0 Å². The van der Waals surface area contributed by atoms with Gasteiger partial charge < -0.3 is 10.6 Å². The van der Waals surface area contributed by atoms with Gasteiger partial charge in [0.15, 0.2) is 5.12 Å². The topological polar surface area (TPSA) is 118 Å². The van der Waals surface area contributed by atoms with Gasteiger partial charge in [-0.2, -0.15) is 8.42 Å². The lowest BCUT2D eigenvalue weighted by Gasteiger charge is -2.19. The molecule has 0 aromatic heterocycles. The molecule has 1 unspecified atom stereocenters. The van der Waals surface area contributed by atoms with Gasteiger partial charge in [0.2, 0.25) is 5.91 Å². The van der Waals surface area contributed by atoms with Gasteiger partial charge in [-0.25, -0.2) is 0 Å². The first-order valence-corrected chi connectivity index (χ1v) is 8.35. The van der Waals surface area contributed by atoms with Crippen LogP contribution in [0.1, 0.15) is 13.3 Å². The number of thioether (sulfide) groups is 1. The van der Waals surface area contributed by atoms with Crippen molar-refractivity contribution in [1.82, 2.24) is 0 Å². The molecular weight excluding hydrogens is 316 g/mol. The molecule has 0 spiro atoms. The molecule has 1 fully saturated rings. The molecule has 1 aromatic rings. The third kappa shape index (κ3) is 3.55. The first kappa shape index (κ1) is 15.8. The molecular formula is C12H14N2O5S2. The average molecular weight is 330 g/mol. The zero-order valence-corrected chi connectivity index (χ0v) is 12.8. The Balaban J connectivity index is 2.27. The van der Waals surface area contributed by atoms with Crippen LogP contribution in [0.2, 0.25) is 0 Å². The monoisotopic (exact) mass is 330 g/mol. The van der Waals surface area contributed by atoms with E-state index in [0.717, 1.165) is 17.8 Å². The van der Waals surface area contributed by atoms with Crippen molar-refractivity contribution in [2.75, 3.05) is 17.2 Å². The SMILES string of the molecule is CC(=O)SC1CC(=O)N(c2ccc(S(=O)(=O)O)cc2N)C1. The molecule has 0 radical (unpaired) electrons. The van der Waals surface area contributed by atoms with E-state index in [4.69, 9.17) is 10.3 Å². The fraction of sp³-hybridized carbons (Fsp3) is 0.333. The van der Waals surface area contributed by atoms with E-state index in [-0.39, 0.29) is 33.3 Å². The lowest BCUT2D eigenvalue weighted by Crippen LogP contribution is -2.26. The normalized spacial score (nSPS) is 19.0. The van der Waals surface area contributed by atoms with Crippen molar-refractivity contribution < 1.29 is 22.6 Å². The fourth-order valence-electron chi connectivity index (χ4n) is 2.16. The molecule has 1 amide bonds. The quantitative estimate of drug-likeness (QED) is 0.624. The number of nitrogen functional groups attached to an aromatic ring is 1. The zero-order valence-electron chi connectivity index (χ0n) is 11.1. The molecule has 0 bridgehead atoms. The van der Waals surface area contributed by atoms with Gasteiger partial charge in [-0.3, -0.25) is 14.1 Å². The number of hydrogen-bond donors (Lipinski definition) is 2. The largest absolute Gasteiger partial charge is 0.397 e. The first-order valence-electron chi connectivity index (χ1n) is 6.03. The molecule has 2 rings (SSSR count). The molecule has 0 aliphatic carbocycles. The van der Waals surface area contributed by atoms with Crippen molar-refractivity contribution in [3.05, 3.63) is 18.2 Å². The van der Waals surface area contributed by atoms with Crippen molar-refractivity contribution >= 4 is 44.3 Å². The Kier molecular flexibility index (Phi) is 4.26. The highest BCUT2D eigenvalue weighted by Crippen LogP contribution is 2.33. The van der Waals surface area contributed by atoms with E-state index >= 15 is 0 Å². The predicted molar refractivity (Wildman–Crippen MR) is 79.7 cm³/mol. The van der Waals surface area contributed by atoms with Crippen molar-refractivity contribution in [2.45, 2.75) is 23.5 Å². The lowest BCUT2D eigenvalue weighted by molar-refractivity contribution is -0.117. The van der Waals surface area contributed by atoms with Crippen LogP contribution in [0.4, 0.5) is 11.4 Å². The van der Waals surface area contributed by atoms with Gasteiger partial charge in [0.25, 0.3) is 10.1 Å². The Labute approximate surface area is 126 Å². The number of benzene rings is 1. The van der Waals surface area contributed by atoms with Crippen LogP contribution in [0, 0.1) is 0 Å². The van der Waals surface area contributed by atoms with Crippen molar-refractivity contribution in [3.63, 3.8) is 0 Å². The summed E-state index contributed by atoms with van der Waals surface area (Å²) in [4.78, 5) is 24.2. The maximum Gasteiger partial charge on any atom is 0.294 e. The Hall–Kier alpha value is -1.58. The Morgan fingerprint density at radius 1 is 1.48 bits per heavy atom. The summed E-state index contributed by atoms with van der Waals surface area (Å²) in [6.07, 6.45) is 0.226. The highest BCUT2D eigenvalue weighted by atomic mass is 32.2. The van der Waals surface area contributed by atoms with E-state index in [1.807, 2.05) is 0 Å². The van der Waals surface area contributed by atoms with Crippen LogP contribution in [0.5, 0.6) is 0 Å². The third-order valence-electron chi connectivity index (χ3n) is 3.01. The minimum Gasteiger partial charge on any atom is -0.397 e. The van der Waals surface area contributed by atoms with Crippen LogP contribution in [0.25, 0.3) is 0 Å². The summed E-state index contributed by atoms with van der Waals surface area (Å²) in [5, 5.41) is -0.208. The van der Waals surface area contributed by atoms with Gasteiger partial charge in [0, 0.05) is 25.1 Å². The van der Waals surface area contributed by atoms with Gasteiger partial charge in [0.1, 0.15) is 0 Å². The van der Waals surface area contributed by atoms with Crippen LogP contribution in [0.3, 0.4) is 0 Å². The van der Waals surface area contributed by atoms with Gasteiger partial charge in [-0.1, -0.05) is 11.8 Å². The molecule has 1 aliphatic heterocycles. The molecule has 7 nitrogen and oxygen atoms in total. The number of rotatable bonds is 3. The van der Waals surface area contributed by atoms with E-state index in [1.165, 1.54) is 24.0 Å². The van der Waals surface area contributed by atoms with E-state index < -0.39 is 10.1 Å². The summed E-state index contributed by atoms with van der Waals surface area (Å²) in [5.74, 6) is -0.181. The minimum absolute atomic E-state index is 0.0654. The van der Waals surface area contributed by atoms with Gasteiger partial charge in [-0.05, 0) is 18.2 Å². The van der Waals surface area contributed by atoms with Crippen LogP contribution in [0.15, 0.2) is 23.1 Å².